The predicted molar refractivity (Wildman–Crippen MR) is 136 cm³/mol. The number of para-hydroxylation sites is 2. The highest BCUT2D eigenvalue weighted by Crippen LogP contribution is 2.28. The summed E-state index contributed by atoms with van der Waals surface area (Å²) in [6.45, 7) is 0.887. The van der Waals surface area contributed by atoms with Crippen molar-refractivity contribution in [2.75, 3.05) is 13.1 Å². The number of amides is 1. The van der Waals surface area contributed by atoms with Crippen LogP contribution in [0.3, 0.4) is 0 Å². The van der Waals surface area contributed by atoms with Gasteiger partial charge in [-0.1, -0.05) is 24.3 Å². The number of piperidine rings is 1. The van der Waals surface area contributed by atoms with Gasteiger partial charge in [-0.25, -0.2) is 18.3 Å². The van der Waals surface area contributed by atoms with Crippen LogP contribution in [-0.4, -0.2) is 43.2 Å². The maximum atomic E-state index is 14.5. The first-order valence-corrected chi connectivity index (χ1v) is 12.1. The molecule has 0 atom stereocenters. The molecule has 6 rings (SSSR count). The van der Waals surface area contributed by atoms with Crippen molar-refractivity contribution in [1.29, 1.82) is 0 Å². The van der Waals surface area contributed by atoms with Crippen molar-refractivity contribution in [2.45, 2.75) is 18.9 Å². The zero-order valence-electron chi connectivity index (χ0n) is 19.8. The summed E-state index contributed by atoms with van der Waals surface area (Å²) in [4.78, 5) is 30.9. The van der Waals surface area contributed by atoms with E-state index in [1.54, 1.807) is 33.7 Å². The molecule has 0 saturated carbocycles. The number of carbonyl (C=O) groups is 1. The second-order valence-corrected chi connectivity index (χ2v) is 9.12. The van der Waals surface area contributed by atoms with E-state index in [0.29, 0.717) is 37.3 Å². The molecule has 9 heteroatoms. The lowest BCUT2D eigenvalue weighted by molar-refractivity contribution is 0.0685. The van der Waals surface area contributed by atoms with Crippen LogP contribution in [0.5, 0.6) is 0 Å². The molecule has 1 fully saturated rings. The van der Waals surface area contributed by atoms with Crippen molar-refractivity contribution in [3.8, 4) is 16.9 Å². The summed E-state index contributed by atoms with van der Waals surface area (Å²) in [7, 11) is 0. The summed E-state index contributed by atoms with van der Waals surface area (Å²) in [5.74, 6) is -1.12. The Bertz CT molecular complexity index is 1660. The number of hydrogen-bond acceptors (Lipinski definition) is 3. The third kappa shape index (κ3) is 4.12. The van der Waals surface area contributed by atoms with E-state index in [9.17, 15) is 18.4 Å². The Balaban J connectivity index is 1.30. The minimum Gasteiger partial charge on any atom is -0.337 e. The molecule has 1 aliphatic rings. The number of nitrogens with one attached hydrogen (secondary N) is 1. The van der Waals surface area contributed by atoms with Crippen LogP contribution in [0.2, 0.25) is 0 Å². The fourth-order valence-corrected chi connectivity index (χ4v) is 5.04. The highest BCUT2D eigenvalue weighted by atomic mass is 19.1. The molecule has 1 saturated heterocycles. The first kappa shape index (κ1) is 22.9. The Labute approximate surface area is 210 Å². The van der Waals surface area contributed by atoms with Gasteiger partial charge >= 0.3 is 5.69 Å². The number of hydrogen-bond donors (Lipinski definition) is 1. The first-order valence-electron chi connectivity index (χ1n) is 12.1. The molecule has 0 bridgehead atoms. The molecule has 0 spiro atoms. The summed E-state index contributed by atoms with van der Waals surface area (Å²) in [5, 5.41) is 4.52. The van der Waals surface area contributed by atoms with Crippen LogP contribution in [0.25, 0.3) is 28.0 Å². The number of H-pyrrole nitrogens is 1. The smallest absolute Gasteiger partial charge is 0.326 e. The normalized spacial score (nSPS) is 14.4. The van der Waals surface area contributed by atoms with Gasteiger partial charge in [-0.3, -0.25) is 9.36 Å². The molecule has 5 aromatic rings. The average molecular weight is 500 g/mol. The summed E-state index contributed by atoms with van der Waals surface area (Å²) in [6, 6.07) is 21.0. The Hall–Kier alpha value is -4.53. The third-order valence-electron chi connectivity index (χ3n) is 6.89. The van der Waals surface area contributed by atoms with E-state index in [-0.39, 0.29) is 28.9 Å². The fourth-order valence-electron chi connectivity index (χ4n) is 5.04. The van der Waals surface area contributed by atoms with Crippen molar-refractivity contribution in [3.05, 3.63) is 107 Å². The van der Waals surface area contributed by atoms with Gasteiger partial charge in [0.1, 0.15) is 17.3 Å². The van der Waals surface area contributed by atoms with E-state index < -0.39 is 11.6 Å². The molecule has 3 heterocycles. The highest BCUT2D eigenvalue weighted by molar-refractivity contribution is 5.94. The number of aromatic amines is 1. The number of benzene rings is 3. The number of nitrogens with zero attached hydrogens (tertiary/aromatic N) is 4. The number of halogens is 2. The molecule has 3 aromatic carbocycles. The van der Waals surface area contributed by atoms with Crippen LogP contribution < -0.4 is 5.69 Å². The Kier molecular flexibility index (Phi) is 5.67. The van der Waals surface area contributed by atoms with E-state index in [4.69, 9.17) is 0 Å². The van der Waals surface area contributed by atoms with E-state index in [1.807, 2.05) is 24.3 Å². The monoisotopic (exact) mass is 499 g/mol. The predicted octanol–water partition coefficient (Wildman–Crippen LogP) is 4.94. The van der Waals surface area contributed by atoms with Gasteiger partial charge in [0.2, 0.25) is 0 Å². The molecule has 1 amide bonds. The number of rotatable bonds is 4. The maximum Gasteiger partial charge on any atom is 0.326 e. The second kappa shape index (κ2) is 9.16. The number of likely N-dealkylation sites (tertiary alicyclic amines) is 1. The lowest BCUT2D eigenvalue weighted by Gasteiger charge is -2.32. The van der Waals surface area contributed by atoms with Crippen LogP contribution in [0.15, 0.2) is 83.7 Å². The van der Waals surface area contributed by atoms with Gasteiger partial charge in [0.15, 0.2) is 0 Å². The number of imidazole rings is 1. The standard InChI is InChI=1S/C28H23F2N5O2/c29-18-9-11-20(12-10-18)35-26(17-24(32-35)21-5-1-2-6-22(21)30)27(36)33-15-13-19(14-16-33)34-25-8-4-3-7-23(25)31-28(34)37/h1-12,17,19H,13-16H2,(H,31,37). The molecule has 1 aliphatic heterocycles. The van der Waals surface area contributed by atoms with E-state index >= 15 is 0 Å². The van der Waals surface area contributed by atoms with Crippen LogP contribution in [0.1, 0.15) is 29.4 Å². The van der Waals surface area contributed by atoms with Crippen LogP contribution in [0.4, 0.5) is 8.78 Å². The first-order chi connectivity index (χ1) is 18.0. The number of aromatic nitrogens is 4. The van der Waals surface area contributed by atoms with Crippen molar-refractivity contribution in [3.63, 3.8) is 0 Å². The summed E-state index contributed by atoms with van der Waals surface area (Å²) in [5.41, 5.74) is 2.81. The number of fused-ring (bicyclic) bond motifs is 1. The Morgan fingerprint density at radius 3 is 2.38 bits per heavy atom. The molecule has 37 heavy (non-hydrogen) atoms. The zero-order chi connectivity index (χ0) is 25.5. The molecule has 0 unspecified atom stereocenters. The molecular weight excluding hydrogens is 476 g/mol. The molecule has 186 valence electrons. The Morgan fingerprint density at radius 2 is 1.62 bits per heavy atom. The molecule has 0 radical (unpaired) electrons. The van der Waals surface area contributed by atoms with Gasteiger partial charge < -0.3 is 9.88 Å². The zero-order valence-corrected chi connectivity index (χ0v) is 19.8. The molecular formula is C28H23F2N5O2. The number of carbonyl (C=O) groups excluding carboxylic acids is 1. The third-order valence-corrected chi connectivity index (χ3v) is 6.89. The van der Waals surface area contributed by atoms with Crippen molar-refractivity contribution >= 4 is 16.9 Å². The SMILES string of the molecule is O=C(c1cc(-c2ccccc2F)nn1-c1ccc(F)cc1)N1CCC(n2c(=O)[nH]c3ccccc32)CC1. The summed E-state index contributed by atoms with van der Waals surface area (Å²) >= 11 is 0. The van der Waals surface area contributed by atoms with E-state index in [2.05, 4.69) is 10.1 Å². The maximum absolute atomic E-state index is 14.5. The lowest BCUT2D eigenvalue weighted by atomic mass is 10.0. The average Bonchev–Trinajstić information content (AvgIpc) is 3.50. The van der Waals surface area contributed by atoms with Crippen molar-refractivity contribution < 1.29 is 13.6 Å². The van der Waals surface area contributed by atoms with Crippen molar-refractivity contribution in [2.24, 2.45) is 0 Å². The van der Waals surface area contributed by atoms with Crippen LogP contribution in [-0.2, 0) is 0 Å². The van der Waals surface area contributed by atoms with Gasteiger partial charge in [0.25, 0.3) is 5.91 Å². The van der Waals surface area contributed by atoms with Crippen molar-refractivity contribution in [1.82, 2.24) is 24.2 Å². The quantitative estimate of drug-likeness (QED) is 0.381. The van der Waals surface area contributed by atoms with Gasteiger partial charge in [-0.05, 0) is 67.4 Å². The van der Waals surface area contributed by atoms with Gasteiger partial charge in [-0.15, -0.1) is 0 Å². The molecule has 7 nitrogen and oxygen atoms in total. The fraction of sp³-hybridized carbons (Fsp3) is 0.179. The second-order valence-electron chi connectivity index (χ2n) is 9.12. The summed E-state index contributed by atoms with van der Waals surface area (Å²) in [6.07, 6.45) is 1.22. The largest absolute Gasteiger partial charge is 0.337 e. The topological polar surface area (TPSA) is 75.9 Å². The van der Waals surface area contributed by atoms with E-state index in [0.717, 1.165) is 11.0 Å². The minimum atomic E-state index is -0.449. The summed E-state index contributed by atoms with van der Waals surface area (Å²) < 4.78 is 31.3. The molecule has 0 aliphatic carbocycles. The lowest BCUT2D eigenvalue weighted by Crippen LogP contribution is -2.41. The van der Waals surface area contributed by atoms with Crippen LogP contribution in [0, 0.1) is 11.6 Å². The minimum absolute atomic E-state index is 0.0383. The molecule has 2 aromatic heterocycles. The van der Waals surface area contributed by atoms with E-state index in [1.165, 1.54) is 35.0 Å². The van der Waals surface area contributed by atoms with Gasteiger partial charge in [-0.2, -0.15) is 5.10 Å². The van der Waals surface area contributed by atoms with Gasteiger partial charge in [0, 0.05) is 24.7 Å². The highest BCUT2D eigenvalue weighted by Gasteiger charge is 2.29. The molecule has 1 N–H and O–H groups in total. The van der Waals surface area contributed by atoms with Crippen LogP contribution >= 0.6 is 0 Å². The Morgan fingerprint density at radius 1 is 0.919 bits per heavy atom. The van der Waals surface area contributed by atoms with Gasteiger partial charge in [0.05, 0.1) is 22.4 Å².